The van der Waals surface area contributed by atoms with E-state index >= 15 is 0 Å². The molecule has 2 N–H and O–H groups in total. The van der Waals surface area contributed by atoms with Gasteiger partial charge in [-0.25, -0.2) is 0 Å². The molecule has 2 aromatic rings. The molecule has 2 atom stereocenters. The zero-order chi connectivity index (χ0) is 16.6. The van der Waals surface area contributed by atoms with Crippen LogP contribution in [0.4, 0.5) is 5.82 Å². The molecule has 4 heterocycles. The zero-order valence-corrected chi connectivity index (χ0v) is 13.7. The predicted molar refractivity (Wildman–Crippen MR) is 88.8 cm³/mol. The van der Waals surface area contributed by atoms with Gasteiger partial charge in [0.25, 0.3) is 5.91 Å². The van der Waals surface area contributed by atoms with Crippen molar-refractivity contribution in [2.24, 2.45) is 0 Å². The second kappa shape index (κ2) is 5.90. The van der Waals surface area contributed by atoms with Crippen LogP contribution in [0.5, 0.6) is 0 Å². The molecular formula is C17H21N5O2. The number of H-pyrrole nitrogens is 1. The van der Waals surface area contributed by atoms with E-state index < -0.39 is 0 Å². The average molecular weight is 327 g/mol. The molecule has 0 aliphatic carbocycles. The van der Waals surface area contributed by atoms with Gasteiger partial charge in [0.2, 0.25) is 0 Å². The highest BCUT2D eigenvalue weighted by Gasteiger charge is 2.47. The number of carbonyl (C=O) groups is 1. The third-order valence-electron chi connectivity index (χ3n) is 4.79. The van der Waals surface area contributed by atoms with E-state index in [2.05, 4.69) is 20.5 Å². The summed E-state index contributed by atoms with van der Waals surface area (Å²) in [5, 5.41) is 11.6. The van der Waals surface area contributed by atoms with Gasteiger partial charge in [0, 0.05) is 19.2 Å². The van der Waals surface area contributed by atoms with Crippen LogP contribution in [0.2, 0.25) is 0 Å². The summed E-state index contributed by atoms with van der Waals surface area (Å²) in [6.45, 7) is 3.91. The maximum atomic E-state index is 12.5. The van der Waals surface area contributed by atoms with Crippen LogP contribution in [0.1, 0.15) is 29.0 Å². The Morgan fingerprint density at radius 2 is 2.33 bits per heavy atom. The number of carbonyl (C=O) groups excluding carboxylic acids is 1. The summed E-state index contributed by atoms with van der Waals surface area (Å²) >= 11 is 0. The molecular weight excluding hydrogens is 306 g/mol. The Bertz CT molecular complexity index is 715. The number of aromatic amines is 1. The number of likely N-dealkylation sites (tertiary alicyclic amines) is 1. The van der Waals surface area contributed by atoms with Gasteiger partial charge in [0.15, 0.2) is 0 Å². The minimum Gasteiger partial charge on any atom is -0.371 e. The molecule has 0 aromatic carbocycles. The third-order valence-corrected chi connectivity index (χ3v) is 4.79. The van der Waals surface area contributed by atoms with Gasteiger partial charge in [0.1, 0.15) is 11.5 Å². The molecule has 0 bridgehead atoms. The number of hydrogen-bond acceptors (Lipinski definition) is 5. The molecule has 1 spiro atoms. The molecule has 2 saturated heterocycles. The second-order valence-electron chi connectivity index (χ2n) is 6.66. The number of amides is 1. The fourth-order valence-electron chi connectivity index (χ4n) is 3.56. The molecule has 1 amide bonds. The van der Waals surface area contributed by atoms with Gasteiger partial charge in [-0.1, -0.05) is 0 Å². The van der Waals surface area contributed by atoms with E-state index in [1.807, 2.05) is 36.1 Å². The predicted octanol–water partition coefficient (Wildman–Crippen LogP) is 1.60. The Morgan fingerprint density at radius 3 is 3.08 bits per heavy atom. The van der Waals surface area contributed by atoms with Crippen LogP contribution in [0.15, 0.2) is 30.5 Å². The van der Waals surface area contributed by atoms with Gasteiger partial charge in [0.05, 0.1) is 30.5 Å². The number of aromatic nitrogens is 3. The quantitative estimate of drug-likeness (QED) is 0.895. The molecule has 2 aliphatic heterocycles. The summed E-state index contributed by atoms with van der Waals surface area (Å²) < 4.78 is 6.09. The summed E-state index contributed by atoms with van der Waals surface area (Å²) in [7, 11) is 0. The Labute approximate surface area is 140 Å². The zero-order valence-electron chi connectivity index (χ0n) is 13.7. The lowest BCUT2D eigenvalue weighted by atomic mass is 9.97. The lowest BCUT2D eigenvalue weighted by Gasteiger charge is -2.23. The molecule has 7 nitrogen and oxygen atoms in total. The summed E-state index contributed by atoms with van der Waals surface area (Å²) in [5.74, 6) is 0.810. The first-order chi connectivity index (χ1) is 11.6. The Balaban J connectivity index is 1.37. The lowest BCUT2D eigenvalue weighted by molar-refractivity contribution is 0.0124. The van der Waals surface area contributed by atoms with Crippen LogP contribution in [0.25, 0.3) is 0 Å². The second-order valence-corrected chi connectivity index (χ2v) is 6.66. The first-order valence-electron chi connectivity index (χ1n) is 8.27. The monoisotopic (exact) mass is 327 g/mol. The first-order valence-corrected chi connectivity index (χ1v) is 8.27. The fourth-order valence-corrected chi connectivity index (χ4v) is 3.56. The molecule has 2 fully saturated rings. The van der Waals surface area contributed by atoms with Gasteiger partial charge in [-0.15, -0.1) is 5.10 Å². The van der Waals surface area contributed by atoms with Crippen molar-refractivity contribution in [2.75, 3.05) is 25.0 Å². The highest BCUT2D eigenvalue weighted by molar-refractivity contribution is 5.92. The summed E-state index contributed by atoms with van der Waals surface area (Å²) in [5.41, 5.74) is 1.29. The molecule has 2 aromatic heterocycles. The van der Waals surface area contributed by atoms with Gasteiger partial charge >= 0.3 is 0 Å². The maximum absolute atomic E-state index is 12.5. The smallest absolute Gasteiger partial charge is 0.270 e. The Kier molecular flexibility index (Phi) is 3.72. The lowest BCUT2D eigenvalue weighted by Crippen LogP contribution is -2.36. The minimum atomic E-state index is -0.238. The first kappa shape index (κ1) is 15.1. The SMILES string of the molecule is Cc1ccc(NC2COC3(CCN(C(=O)c4ccc[nH]4)C3)C2)nn1. The van der Waals surface area contributed by atoms with Crippen molar-refractivity contribution in [1.82, 2.24) is 20.1 Å². The van der Waals surface area contributed by atoms with Crippen molar-refractivity contribution >= 4 is 11.7 Å². The van der Waals surface area contributed by atoms with Crippen LogP contribution in [0, 0.1) is 6.92 Å². The maximum Gasteiger partial charge on any atom is 0.270 e. The number of aryl methyl sites for hydroxylation is 1. The molecule has 2 unspecified atom stereocenters. The van der Waals surface area contributed by atoms with E-state index in [4.69, 9.17) is 4.74 Å². The standard InChI is InChI=1S/C17H21N5O2/c1-12-4-5-15(21-20-12)19-13-9-17(24-10-13)6-8-22(11-17)16(23)14-3-2-7-18-14/h2-5,7,13,18H,6,8-11H2,1H3,(H,19,21). The normalized spacial score (nSPS) is 26.2. The average Bonchev–Trinajstić information content (AvgIpc) is 3.32. The fraction of sp³-hybridized carbons (Fsp3) is 0.471. The van der Waals surface area contributed by atoms with E-state index in [1.165, 1.54) is 0 Å². The molecule has 0 radical (unpaired) electrons. The Morgan fingerprint density at radius 1 is 1.42 bits per heavy atom. The van der Waals surface area contributed by atoms with Crippen molar-refractivity contribution in [1.29, 1.82) is 0 Å². The van der Waals surface area contributed by atoms with E-state index in [0.717, 1.165) is 30.9 Å². The number of rotatable bonds is 3. The van der Waals surface area contributed by atoms with Crippen LogP contribution in [0.3, 0.4) is 0 Å². The van der Waals surface area contributed by atoms with Crippen LogP contribution >= 0.6 is 0 Å². The van der Waals surface area contributed by atoms with E-state index in [0.29, 0.717) is 18.8 Å². The molecule has 24 heavy (non-hydrogen) atoms. The van der Waals surface area contributed by atoms with Crippen molar-refractivity contribution < 1.29 is 9.53 Å². The van der Waals surface area contributed by atoms with Crippen LogP contribution in [-0.2, 0) is 4.74 Å². The molecule has 126 valence electrons. The highest BCUT2D eigenvalue weighted by Crippen LogP contribution is 2.36. The molecule has 0 saturated carbocycles. The number of ether oxygens (including phenoxy) is 1. The van der Waals surface area contributed by atoms with E-state index in [9.17, 15) is 4.79 Å². The molecule has 2 aliphatic rings. The number of nitrogens with one attached hydrogen (secondary N) is 2. The topological polar surface area (TPSA) is 83.1 Å². The van der Waals surface area contributed by atoms with Crippen molar-refractivity contribution in [3.63, 3.8) is 0 Å². The largest absolute Gasteiger partial charge is 0.371 e. The summed E-state index contributed by atoms with van der Waals surface area (Å²) in [6.07, 6.45) is 3.52. The number of anilines is 1. The van der Waals surface area contributed by atoms with Crippen LogP contribution in [-0.4, -0.2) is 57.3 Å². The van der Waals surface area contributed by atoms with E-state index in [-0.39, 0.29) is 17.6 Å². The highest BCUT2D eigenvalue weighted by atomic mass is 16.5. The van der Waals surface area contributed by atoms with Gasteiger partial charge in [-0.2, -0.15) is 5.10 Å². The summed E-state index contributed by atoms with van der Waals surface area (Å²) in [4.78, 5) is 17.3. The number of nitrogens with zero attached hydrogens (tertiary/aromatic N) is 3. The molecule has 7 heteroatoms. The summed E-state index contributed by atoms with van der Waals surface area (Å²) in [6, 6.07) is 7.72. The van der Waals surface area contributed by atoms with Crippen molar-refractivity contribution in [3.05, 3.63) is 41.9 Å². The third kappa shape index (κ3) is 2.87. The van der Waals surface area contributed by atoms with Gasteiger partial charge in [-0.3, -0.25) is 4.79 Å². The Hall–Kier alpha value is -2.41. The van der Waals surface area contributed by atoms with Gasteiger partial charge < -0.3 is 19.9 Å². The van der Waals surface area contributed by atoms with E-state index in [1.54, 1.807) is 6.20 Å². The molecule has 4 rings (SSSR count). The van der Waals surface area contributed by atoms with Gasteiger partial charge in [-0.05, 0) is 37.6 Å². The number of hydrogen-bond donors (Lipinski definition) is 2. The van der Waals surface area contributed by atoms with Crippen LogP contribution < -0.4 is 5.32 Å². The van der Waals surface area contributed by atoms with Crippen molar-refractivity contribution in [3.8, 4) is 0 Å². The minimum absolute atomic E-state index is 0.0429. The van der Waals surface area contributed by atoms with Crippen molar-refractivity contribution in [2.45, 2.75) is 31.4 Å².